The van der Waals surface area contributed by atoms with Crippen LogP contribution in [0.2, 0.25) is 0 Å². The SMILES string of the molecule is O=S(=O)(CCCl)NCc1ncc[nH]1. The molecule has 5 nitrogen and oxygen atoms in total. The number of halogens is 1. The molecule has 0 aromatic carbocycles. The summed E-state index contributed by atoms with van der Waals surface area (Å²) in [6, 6.07) is 0. The summed E-state index contributed by atoms with van der Waals surface area (Å²) in [5.74, 6) is 0.598. The third-order valence-corrected chi connectivity index (χ3v) is 3.10. The number of sulfonamides is 1. The molecule has 7 heteroatoms. The number of imidazole rings is 1. The number of nitrogens with zero attached hydrogens (tertiary/aromatic N) is 1. The molecule has 13 heavy (non-hydrogen) atoms. The van der Waals surface area contributed by atoms with E-state index in [4.69, 9.17) is 11.6 Å². The predicted octanol–water partition coefficient (Wildman–Crippen LogP) is 0.0679. The topological polar surface area (TPSA) is 74.8 Å². The van der Waals surface area contributed by atoms with Gasteiger partial charge >= 0.3 is 0 Å². The largest absolute Gasteiger partial charge is 0.347 e. The van der Waals surface area contributed by atoms with Crippen molar-refractivity contribution in [3.8, 4) is 0 Å². The summed E-state index contributed by atoms with van der Waals surface area (Å²) >= 11 is 5.30. The van der Waals surface area contributed by atoms with Gasteiger partial charge in [-0.05, 0) is 0 Å². The fraction of sp³-hybridized carbons (Fsp3) is 0.500. The highest BCUT2D eigenvalue weighted by atomic mass is 35.5. The van der Waals surface area contributed by atoms with E-state index >= 15 is 0 Å². The molecule has 1 aromatic heterocycles. The van der Waals surface area contributed by atoms with Gasteiger partial charge in [0, 0.05) is 18.3 Å². The Labute approximate surface area is 81.6 Å². The van der Waals surface area contributed by atoms with Gasteiger partial charge in [0.1, 0.15) is 5.82 Å². The molecule has 0 spiro atoms. The molecule has 0 aliphatic heterocycles. The van der Waals surface area contributed by atoms with Crippen LogP contribution >= 0.6 is 11.6 Å². The summed E-state index contributed by atoms with van der Waals surface area (Å²) < 4.78 is 24.5. The van der Waals surface area contributed by atoms with E-state index in [0.717, 1.165) is 0 Å². The molecule has 0 unspecified atom stereocenters. The molecule has 0 saturated heterocycles. The van der Waals surface area contributed by atoms with Crippen LogP contribution in [0.5, 0.6) is 0 Å². The van der Waals surface area contributed by atoms with Gasteiger partial charge in [0.25, 0.3) is 0 Å². The summed E-state index contributed by atoms with van der Waals surface area (Å²) in [4.78, 5) is 6.64. The van der Waals surface area contributed by atoms with E-state index in [0.29, 0.717) is 5.82 Å². The highest BCUT2D eigenvalue weighted by Crippen LogP contribution is 1.91. The van der Waals surface area contributed by atoms with Crippen LogP contribution in [0.4, 0.5) is 0 Å². The minimum atomic E-state index is -3.25. The molecule has 0 aliphatic carbocycles. The molecule has 0 amide bonds. The fourth-order valence-electron chi connectivity index (χ4n) is 0.747. The van der Waals surface area contributed by atoms with E-state index in [1.54, 1.807) is 12.4 Å². The van der Waals surface area contributed by atoms with Crippen molar-refractivity contribution >= 4 is 21.6 Å². The normalized spacial score (nSPS) is 11.8. The third kappa shape index (κ3) is 3.75. The van der Waals surface area contributed by atoms with E-state index < -0.39 is 10.0 Å². The van der Waals surface area contributed by atoms with Gasteiger partial charge in [0.2, 0.25) is 10.0 Å². The Hall–Kier alpha value is -0.590. The summed E-state index contributed by atoms with van der Waals surface area (Å²) in [7, 11) is -3.25. The number of alkyl halides is 1. The van der Waals surface area contributed by atoms with Crippen LogP contribution in [-0.2, 0) is 16.6 Å². The first-order chi connectivity index (χ1) is 6.14. The van der Waals surface area contributed by atoms with Crippen molar-refractivity contribution in [2.45, 2.75) is 6.54 Å². The van der Waals surface area contributed by atoms with Crippen molar-refractivity contribution < 1.29 is 8.42 Å². The van der Waals surface area contributed by atoms with Gasteiger partial charge in [-0.25, -0.2) is 18.1 Å². The molecule has 1 heterocycles. The van der Waals surface area contributed by atoms with Crippen LogP contribution in [0, 0.1) is 0 Å². The van der Waals surface area contributed by atoms with Crippen LogP contribution < -0.4 is 4.72 Å². The monoisotopic (exact) mass is 223 g/mol. The second-order valence-electron chi connectivity index (χ2n) is 2.36. The molecule has 2 N–H and O–H groups in total. The Morgan fingerprint density at radius 1 is 1.62 bits per heavy atom. The van der Waals surface area contributed by atoms with Gasteiger partial charge in [-0.2, -0.15) is 0 Å². The zero-order chi connectivity index (χ0) is 9.73. The standard InChI is InChI=1S/C6H10ClN3O2S/c7-1-4-13(11,12)10-5-6-8-2-3-9-6/h2-3,10H,1,4-5H2,(H,8,9). The van der Waals surface area contributed by atoms with Crippen molar-refractivity contribution in [3.05, 3.63) is 18.2 Å². The minimum Gasteiger partial charge on any atom is -0.347 e. The minimum absolute atomic E-state index is 0.0741. The molecule has 1 rings (SSSR count). The molecule has 0 fully saturated rings. The van der Waals surface area contributed by atoms with Crippen LogP contribution in [0.1, 0.15) is 5.82 Å². The zero-order valence-corrected chi connectivity index (χ0v) is 8.40. The Morgan fingerprint density at radius 2 is 2.38 bits per heavy atom. The first-order valence-corrected chi connectivity index (χ1v) is 5.84. The highest BCUT2D eigenvalue weighted by Gasteiger charge is 2.08. The fourth-order valence-corrected chi connectivity index (χ4v) is 2.06. The second-order valence-corrected chi connectivity index (χ2v) is 4.67. The molecule has 0 bridgehead atoms. The highest BCUT2D eigenvalue weighted by molar-refractivity contribution is 7.89. The number of rotatable bonds is 5. The van der Waals surface area contributed by atoms with Crippen molar-refractivity contribution in [1.82, 2.24) is 14.7 Å². The maximum Gasteiger partial charge on any atom is 0.213 e. The molecular weight excluding hydrogens is 214 g/mol. The van der Waals surface area contributed by atoms with Crippen molar-refractivity contribution in [3.63, 3.8) is 0 Å². The van der Waals surface area contributed by atoms with Gasteiger partial charge in [-0.15, -0.1) is 11.6 Å². The van der Waals surface area contributed by atoms with Gasteiger partial charge in [-0.1, -0.05) is 0 Å². The first-order valence-electron chi connectivity index (χ1n) is 3.65. The number of hydrogen-bond donors (Lipinski definition) is 2. The molecular formula is C6H10ClN3O2S. The summed E-state index contributed by atoms with van der Waals surface area (Å²) in [5.41, 5.74) is 0. The van der Waals surface area contributed by atoms with E-state index in [1.807, 2.05) is 0 Å². The molecule has 0 aliphatic rings. The quantitative estimate of drug-likeness (QED) is 0.694. The molecule has 74 valence electrons. The number of hydrogen-bond acceptors (Lipinski definition) is 3. The van der Waals surface area contributed by atoms with E-state index in [-0.39, 0.29) is 18.2 Å². The Bertz CT molecular complexity index is 335. The van der Waals surface area contributed by atoms with Crippen molar-refractivity contribution in [1.29, 1.82) is 0 Å². The maximum absolute atomic E-state index is 11.1. The lowest BCUT2D eigenvalue weighted by molar-refractivity contribution is 0.581. The first kappa shape index (κ1) is 10.5. The lowest BCUT2D eigenvalue weighted by atomic mass is 10.6. The van der Waals surface area contributed by atoms with E-state index in [1.165, 1.54) is 0 Å². The van der Waals surface area contributed by atoms with Crippen LogP contribution in [0.3, 0.4) is 0 Å². The zero-order valence-electron chi connectivity index (χ0n) is 6.83. The number of aromatic amines is 1. The lowest BCUT2D eigenvalue weighted by Gasteiger charge is -2.01. The van der Waals surface area contributed by atoms with Crippen LogP contribution in [0.25, 0.3) is 0 Å². The number of H-pyrrole nitrogens is 1. The van der Waals surface area contributed by atoms with Crippen LogP contribution in [-0.4, -0.2) is 30.0 Å². The summed E-state index contributed by atoms with van der Waals surface area (Å²) in [6.45, 7) is 0.173. The summed E-state index contributed by atoms with van der Waals surface area (Å²) in [6.07, 6.45) is 3.19. The lowest BCUT2D eigenvalue weighted by Crippen LogP contribution is -2.27. The molecule has 0 atom stereocenters. The Balaban J connectivity index is 2.43. The number of nitrogens with one attached hydrogen (secondary N) is 2. The Kier molecular flexibility index (Phi) is 3.71. The van der Waals surface area contributed by atoms with Gasteiger partial charge < -0.3 is 4.98 Å². The van der Waals surface area contributed by atoms with E-state index in [9.17, 15) is 8.42 Å². The van der Waals surface area contributed by atoms with Gasteiger partial charge in [-0.3, -0.25) is 0 Å². The molecule has 1 aromatic rings. The third-order valence-electron chi connectivity index (χ3n) is 1.36. The smallest absolute Gasteiger partial charge is 0.213 e. The predicted molar refractivity (Wildman–Crippen MR) is 49.9 cm³/mol. The van der Waals surface area contributed by atoms with Crippen molar-refractivity contribution in [2.24, 2.45) is 0 Å². The van der Waals surface area contributed by atoms with Crippen LogP contribution in [0.15, 0.2) is 12.4 Å². The summed E-state index contributed by atoms with van der Waals surface area (Å²) in [5, 5.41) is 0. The van der Waals surface area contributed by atoms with Gasteiger partial charge in [0.15, 0.2) is 0 Å². The number of aromatic nitrogens is 2. The molecule has 0 radical (unpaired) electrons. The molecule has 0 saturated carbocycles. The average molecular weight is 224 g/mol. The Morgan fingerprint density at radius 3 is 2.92 bits per heavy atom. The maximum atomic E-state index is 11.1. The van der Waals surface area contributed by atoms with E-state index in [2.05, 4.69) is 14.7 Å². The second kappa shape index (κ2) is 4.59. The van der Waals surface area contributed by atoms with Gasteiger partial charge in [0.05, 0.1) is 12.3 Å². The average Bonchev–Trinajstić information content (AvgIpc) is 2.52. The van der Waals surface area contributed by atoms with Crippen molar-refractivity contribution in [2.75, 3.05) is 11.6 Å².